The van der Waals surface area contributed by atoms with E-state index in [0.29, 0.717) is 0 Å². The molecule has 0 spiro atoms. The molecule has 1 aromatic rings. The summed E-state index contributed by atoms with van der Waals surface area (Å²) in [5, 5.41) is 18.4. The zero-order valence-corrected chi connectivity index (χ0v) is 12.9. The van der Waals surface area contributed by atoms with E-state index in [2.05, 4.69) is 0 Å². The van der Waals surface area contributed by atoms with Crippen molar-refractivity contribution in [2.24, 2.45) is 0 Å². The van der Waals surface area contributed by atoms with Crippen molar-refractivity contribution in [1.29, 1.82) is 0 Å². The van der Waals surface area contributed by atoms with E-state index in [0.717, 1.165) is 37.7 Å². The minimum Gasteiger partial charge on any atom is -0.478 e. The van der Waals surface area contributed by atoms with Crippen LogP contribution in [0.4, 0.5) is 0 Å². The molecule has 0 bridgehead atoms. The predicted octanol–water partition coefficient (Wildman–Crippen LogP) is 3.62. The third-order valence-electron chi connectivity index (χ3n) is 3.71. The Hall–Kier alpha value is -1.31. The molecule has 1 aliphatic rings. The molecule has 0 aromatic heterocycles. The molecule has 0 unspecified atom stereocenters. The fourth-order valence-corrected chi connectivity index (χ4v) is 3.96. The van der Waals surface area contributed by atoms with Crippen LogP contribution in [-0.2, 0) is 3.07 Å². The number of hydrogen-bond acceptors (Lipinski definition) is 3. The second-order valence-corrected chi connectivity index (χ2v) is 6.47. The lowest BCUT2D eigenvalue weighted by Gasteiger charge is -2.23. The van der Waals surface area contributed by atoms with E-state index in [4.69, 9.17) is 0 Å². The van der Waals surface area contributed by atoms with Gasteiger partial charge in [0.15, 0.2) is 21.2 Å². The summed E-state index contributed by atoms with van der Waals surface area (Å²) >= 11 is -1.84. The highest BCUT2D eigenvalue weighted by molar-refractivity contribution is 14.1. The van der Waals surface area contributed by atoms with E-state index in [9.17, 15) is 22.9 Å². The highest BCUT2D eigenvalue weighted by Gasteiger charge is 2.24. The maximum atomic E-state index is 11.3. The van der Waals surface area contributed by atoms with E-state index < -0.39 is 33.1 Å². The number of carboxylic acid groups (broad SMARTS) is 2. The van der Waals surface area contributed by atoms with Crippen molar-refractivity contribution in [1.82, 2.24) is 0 Å². The molecule has 6 heteroatoms. The van der Waals surface area contributed by atoms with Crippen LogP contribution in [0.5, 0.6) is 0 Å². The molecule has 1 saturated carbocycles. The molecule has 5 nitrogen and oxygen atoms in total. The average molecular weight is 390 g/mol. The van der Waals surface area contributed by atoms with Gasteiger partial charge in [0.1, 0.15) is 0 Å². The molecule has 0 atom stereocenters. The second kappa shape index (κ2) is 6.43. The third-order valence-corrected chi connectivity index (χ3v) is 5.31. The summed E-state index contributed by atoms with van der Waals surface area (Å²) in [5.74, 6) is -2.22. The number of halogens is 1. The molecule has 1 fully saturated rings. The summed E-state index contributed by atoms with van der Waals surface area (Å²) in [6.45, 7) is 0. The van der Waals surface area contributed by atoms with Gasteiger partial charge < -0.3 is 10.2 Å². The Labute approximate surface area is 126 Å². The van der Waals surface area contributed by atoms with Crippen molar-refractivity contribution >= 4 is 33.1 Å². The van der Waals surface area contributed by atoms with Crippen LogP contribution in [0.2, 0.25) is 0 Å². The van der Waals surface area contributed by atoms with Crippen LogP contribution < -0.4 is 0 Å². The SMILES string of the molecule is O=Ic1c(C(=O)O)cc(C2CCCCC2)cc1C(=O)O. The number of aromatic carboxylic acids is 2. The smallest absolute Gasteiger partial charge is 0.336 e. The van der Waals surface area contributed by atoms with E-state index in [1.54, 1.807) is 0 Å². The van der Waals surface area contributed by atoms with E-state index in [1.807, 2.05) is 0 Å². The van der Waals surface area contributed by atoms with Crippen LogP contribution in [0.15, 0.2) is 12.1 Å². The molecule has 0 aliphatic heterocycles. The number of carboxylic acids is 2. The zero-order valence-electron chi connectivity index (χ0n) is 10.8. The Morgan fingerprint density at radius 1 is 1.00 bits per heavy atom. The molecular formula is C14H15IO5. The number of carbonyl (C=O) groups is 2. The highest BCUT2D eigenvalue weighted by atomic mass is 127. The van der Waals surface area contributed by atoms with Crippen LogP contribution in [-0.4, -0.2) is 22.2 Å². The fourth-order valence-electron chi connectivity index (χ4n) is 2.71. The summed E-state index contributed by atoms with van der Waals surface area (Å²) in [5.41, 5.74) is 0.516. The molecule has 20 heavy (non-hydrogen) atoms. The predicted molar refractivity (Wildman–Crippen MR) is 79.6 cm³/mol. The Kier molecular flexibility index (Phi) is 4.85. The van der Waals surface area contributed by atoms with Gasteiger partial charge in [0, 0.05) is 0 Å². The maximum absolute atomic E-state index is 11.3. The summed E-state index contributed by atoms with van der Waals surface area (Å²) in [7, 11) is 0. The van der Waals surface area contributed by atoms with Gasteiger partial charge in [0.05, 0.1) is 14.7 Å². The topological polar surface area (TPSA) is 91.7 Å². The van der Waals surface area contributed by atoms with Crippen molar-refractivity contribution in [3.05, 3.63) is 32.4 Å². The largest absolute Gasteiger partial charge is 0.478 e. The molecule has 0 heterocycles. The van der Waals surface area contributed by atoms with Crippen molar-refractivity contribution < 1.29 is 22.9 Å². The Morgan fingerprint density at radius 3 is 1.90 bits per heavy atom. The second-order valence-electron chi connectivity index (χ2n) is 4.95. The molecular weight excluding hydrogens is 375 g/mol. The van der Waals surface area contributed by atoms with E-state index in [1.165, 1.54) is 12.1 Å². The lowest BCUT2D eigenvalue weighted by molar-refractivity contribution is 0.0695. The minimum absolute atomic E-state index is 0.0247. The molecule has 0 amide bonds. The van der Waals surface area contributed by atoms with E-state index in [-0.39, 0.29) is 20.6 Å². The van der Waals surface area contributed by atoms with Gasteiger partial charge in [0.25, 0.3) is 0 Å². The molecule has 2 N–H and O–H groups in total. The van der Waals surface area contributed by atoms with Crippen LogP contribution in [0.25, 0.3) is 0 Å². The number of benzene rings is 1. The lowest BCUT2D eigenvalue weighted by Crippen LogP contribution is -2.12. The van der Waals surface area contributed by atoms with Crippen molar-refractivity contribution in [2.45, 2.75) is 38.0 Å². The van der Waals surface area contributed by atoms with Gasteiger partial charge in [-0.2, -0.15) is 0 Å². The molecule has 0 saturated heterocycles. The summed E-state index contributed by atoms with van der Waals surface area (Å²) in [6.07, 6.45) is 5.21. The summed E-state index contributed by atoms with van der Waals surface area (Å²) < 4.78 is 11.2. The first kappa shape index (κ1) is 15.1. The average Bonchev–Trinajstić information content (AvgIpc) is 2.46. The Balaban J connectivity index is 2.55. The van der Waals surface area contributed by atoms with Crippen LogP contribution in [0.1, 0.15) is 64.3 Å². The summed E-state index contributed by atoms with van der Waals surface area (Å²) in [6, 6.07) is 3.02. The lowest BCUT2D eigenvalue weighted by atomic mass is 9.83. The molecule has 0 radical (unpaired) electrons. The van der Waals surface area contributed by atoms with Gasteiger partial charge in [-0.3, -0.25) is 3.07 Å². The Morgan fingerprint density at radius 2 is 1.50 bits per heavy atom. The monoisotopic (exact) mass is 390 g/mol. The number of hydrogen-bond donors (Lipinski definition) is 2. The van der Waals surface area contributed by atoms with Crippen LogP contribution >= 0.6 is 21.2 Å². The van der Waals surface area contributed by atoms with Gasteiger partial charge in [-0.15, -0.1) is 0 Å². The van der Waals surface area contributed by atoms with E-state index >= 15 is 0 Å². The normalized spacial score (nSPS) is 16.0. The van der Waals surface area contributed by atoms with Crippen molar-refractivity contribution in [3.8, 4) is 0 Å². The van der Waals surface area contributed by atoms with Gasteiger partial charge in [-0.05, 0) is 36.5 Å². The standard InChI is InChI=1S/C14H15IO5/c16-13(17)10-6-9(8-4-2-1-3-5-8)7-11(14(18)19)12(10)15-20/h6-8H,1-5H2,(H,16,17)(H,18,19). The first-order valence-corrected chi connectivity index (χ1v) is 8.42. The van der Waals surface area contributed by atoms with Crippen LogP contribution in [0.3, 0.4) is 0 Å². The zero-order chi connectivity index (χ0) is 14.7. The third kappa shape index (κ3) is 3.05. The first-order valence-electron chi connectivity index (χ1n) is 6.46. The maximum Gasteiger partial charge on any atom is 0.336 e. The van der Waals surface area contributed by atoms with Crippen molar-refractivity contribution in [2.75, 3.05) is 0 Å². The molecule has 2 rings (SSSR count). The van der Waals surface area contributed by atoms with Gasteiger partial charge in [-0.25, -0.2) is 9.59 Å². The first-order chi connectivity index (χ1) is 9.54. The summed E-state index contributed by atoms with van der Waals surface area (Å²) in [4.78, 5) is 22.6. The van der Waals surface area contributed by atoms with Gasteiger partial charge in [0.2, 0.25) is 0 Å². The van der Waals surface area contributed by atoms with Gasteiger partial charge >= 0.3 is 11.9 Å². The van der Waals surface area contributed by atoms with Gasteiger partial charge in [-0.1, -0.05) is 19.3 Å². The number of rotatable bonds is 4. The molecule has 108 valence electrons. The van der Waals surface area contributed by atoms with Crippen LogP contribution in [0, 0.1) is 3.57 Å². The molecule has 1 aliphatic carbocycles. The molecule has 1 aromatic carbocycles. The van der Waals surface area contributed by atoms with Crippen molar-refractivity contribution in [3.63, 3.8) is 0 Å². The highest BCUT2D eigenvalue weighted by Crippen LogP contribution is 2.35. The minimum atomic E-state index is -1.84. The Bertz CT molecular complexity index is 526. The fraction of sp³-hybridized carbons (Fsp3) is 0.429. The quantitative estimate of drug-likeness (QED) is 0.767.